The van der Waals surface area contributed by atoms with E-state index in [0.29, 0.717) is 16.2 Å². The number of fused-ring (bicyclic) bond motifs is 3. The molecule has 0 aromatic carbocycles. The van der Waals surface area contributed by atoms with E-state index in [1.807, 2.05) is 0 Å². The van der Waals surface area contributed by atoms with Crippen molar-refractivity contribution in [2.45, 2.75) is 153 Å². The second-order valence-corrected chi connectivity index (χ2v) is 17.8. The van der Waals surface area contributed by atoms with Crippen molar-refractivity contribution in [3.8, 4) is 0 Å². The van der Waals surface area contributed by atoms with Crippen LogP contribution in [-0.4, -0.2) is 0 Å². The molecular formula is C38H68. The summed E-state index contributed by atoms with van der Waals surface area (Å²) in [6, 6.07) is 0. The monoisotopic (exact) mass is 525 g/mol. The van der Waals surface area contributed by atoms with Crippen LogP contribution in [0.3, 0.4) is 0 Å². The van der Waals surface area contributed by atoms with Gasteiger partial charge in [0, 0.05) is 0 Å². The zero-order valence-corrected chi connectivity index (χ0v) is 27.6. The van der Waals surface area contributed by atoms with E-state index in [9.17, 15) is 0 Å². The Morgan fingerprint density at radius 1 is 0.737 bits per heavy atom. The fourth-order valence-electron chi connectivity index (χ4n) is 14.4. The number of rotatable bonds is 5. The average Bonchev–Trinajstić information content (AvgIpc) is 2.83. The van der Waals surface area contributed by atoms with Crippen LogP contribution in [0.1, 0.15) is 153 Å². The zero-order valence-electron chi connectivity index (χ0n) is 27.6. The highest BCUT2D eigenvalue weighted by Gasteiger charge is 2.68. The minimum Gasteiger partial charge on any atom is -0.0625 e. The highest BCUT2D eigenvalue weighted by Crippen LogP contribution is 2.75. The van der Waals surface area contributed by atoms with Crippen LogP contribution in [-0.2, 0) is 0 Å². The molecule has 220 valence electrons. The summed E-state index contributed by atoms with van der Waals surface area (Å²) < 4.78 is 0. The first-order valence-electron chi connectivity index (χ1n) is 17.8. The Kier molecular flexibility index (Phi) is 8.29. The minimum absolute atomic E-state index is 0.469. The molecule has 0 saturated heterocycles. The molecule has 5 rings (SSSR count). The maximum Gasteiger partial charge on any atom is -0.0215 e. The first kappa shape index (κ1) is 29.5. The van der Waals surface area contributed by atoms with E-state index in [4.69, 9.17) is 0 Å². The normalized spacial score (nSPS) is 53.8. The van der Waals surface area contributed by atoms with E-state index in [1.54, 1.807) is 19.3 Å². The molecular weight excluding hydrogens is 456 g/mol. The second kappa shape index (κ2) is 10.7. The maximum absolute atomic E-state index is 2.81. The van der Waals surface area contributed by atoms with Crippen LogP contribution in [0.5, 0.6) is 0 Å². The topological polar surface area (TPSA) is 0 Å². The molecule has 5 saturated carbocycles. The molecule has 0 N–H and O–H groups in total. The molecule has 0 bridgehead atoms. The van der Waals surface area contributed by atoms with Gasteiger partial charge in [0.1, 0.15) is 0 Å². The Labute approximate surface area is 239 Å². The summed E-state index contributed by atoms with van der Waals surface area (Å²) in [6.45, 7) is 26.9. The Balaban J connectivity index is 1.40. The van der Waals surface area contributed by atoms with Crippen LogP contribution in [0, 0.1) is 87.3 Å². The van der Waals surface area contributed by atoms with Gasteiger partial charge >= 0.3 is 0 Å². The summed E-state index contributed by atoms with van der Waals surface area (Å²) in [5, 5.41) is 0. The van der Waals surface area contributed by atoms with E-state index in [-0.39, 0.29) is 0 Å². The van der Waals surface area contributed by atoms with Gasteiger partial charge in [0.2, 0.25) is 0 Å². The molecule has 5 aliphatic carbocycles. The molecule has 0 amide bonds. The van der Waals surface area contributed by atoms with Crippen LogP contribution in [0.15, 0.2) is 0 Å². The van der Waals surface area contributed by atoms with Gasteiger partial charge in [-0.3, -0.25) is 0 Å². The first-order valence-corrected chi connectivity index (χ1v) is 17.8. The van der Waals surface area contributed by atoms with Crippen LogP contribution in [0.25, 0.3) is 0 Å². The highest BCUT2D eigenvalue weighted by atomic mass is 14.7. The van der Waals surface area contributed by atoms with Gasteiger partial charge in [-0.15, -0.1) is 0 Å². The quantitative estimate of drug-likeness (QED) is 0.335. The lowest BCUT2D eigenvalue weighted by Gasteiger charge is -2.73. The molecule has 0 aromatic rings. The Hall–Kier alpha value is 0. The number of hydrogen-bond acceptors (Lipinski definition) is 0. The molecule has 0 radical (unpaired) electrons. The molecule has 0 nitrogen and oxygen atoms in total. The van der Waals surface area contributed by atoms with Gasteiger partial charge in [0.15, 0.2) is 0 Å². The molecule has 5 fully saturated rings. The summed E-state index contributed by atoms with van der Waals surface area (Å²) in [7, 11) is 0. The number of hydrogen-bond donors (Lipinski definition) is 0. The third-order valence-electron chi connectivity index (χ3n) is 15.6. The summed E-state index contributed by atoms with van der Waals surface area (Å²) in [5.74, 6) is 11.0. The second-order valence-electron chi connectivity index (χ2n) is 17.8. The van der Waals surface area contributed by atoms with Crippen LogP contribution >= 0.6 is 0 Å². The van der Waals surface area contributed by atoms with E-state index < -0.39 is 0 Å². The largest absolute Gasteiger partial charge is 0.0625 e. The minimum atomic E-state index is 0.469. The van der Waals surface area contributed by atoms with E-state index in [0.717, 1.165) is 71.0 Å². The smallest absolute Gasteiger partial charge is 0.0215 e. The van der Waals surface area contributed by atoms with Gasteiger partial charge in [-0.25, -0.2) is 0 Å². The van der Waals surface area contributed by atoms with Crippen molar-refractivity contribution in [3.05, 3.63) is 0 Å². The average molecular weight is 525 g/mol. The van der Waals surface area contributed by atoms with E-state index in [2.05, 4.69) is 69.2 Å². The van der Waals surface area contributed by atoms with E-state index >= 15 is 0 Å². The molecule has 13 unspecified atom stereocenters. The Morgan fingerprint density at radius 2 is 1.42 bits per heavy atom. The van der Waals surface area contributed by atoms with Crippen molar-refractivity contribution in [1.29, 1.82) is 0 Å². The van der Waals surface area contributed by atoms with Crippen molar-refractivity contribution < 1.29 is 0 Å². The van der Waals surface area contributed by atoms with Crippen LogP contribution in [0.4, 0.5) is 0 Å². The van der Waals surface area contributed by atoms with Crippen LogP contribution < -0.4 is 0 Å². The van der Waals surface area contributed by atoms with Gasteiger partial charge in [0.25, 0.3) is 0 Å². The van der Waals surface area contributed by atoms with Crippen molar-refractivity contribution in [3.63, 3.8) is 0 Å². The molecule has 0 aliphatic heterocycles. The predicted octanol–water partition coefficient (Wildman–Crippen LogP) is 11.7. The van der Waals surface area contributed by atoms with Gasteiger partial charge in [-0.05, 0) is 113 Å². The lowest BCUT2D eigenvalue weighted by atomic mass is 9.32. The highest BCUT2D eigenvalue weighted by molar-refractivity contribution is 5.16. The van der Waals surface area contributed by atoms with Gasteiger partial charge in [-0.1, -0.05) is 127 Å². The first-order chi connectivity index (χ1) is 17.8. The molecule has 0 heterocycles. The summed E-state index contributed by atoms with van der Waals surface area (Å²) in [5.41, 5.74) is 1.50. The van der Waals surface area contributed by atoms with Gasteiger partial charge < -0.3 is 0 Å². The summed E-state index contributed by atoms with van der Waals surface area (Å²) >= 11 is 0. The van der Waals surface area contributed by atoms with Crippen molar-refractivity contribution >= 4 is 0 Å². The van der Waals surface area contributed by atoms with E-state index in [1.165, 1.54) is 64.2 Å². The van der Waals surface area contributed by atoms with Crippen molar-refractivity contribution in [2.75, 3.05) is 0 Å². The molecule has 38 heavy (non-hydrogen) atoms. The SMILES string of the molecule is CC(C)C1C(C)CC2(C)CC3(C)CC4C(CCCC5CCCCC5)CCC(C)C4C(C)C3C(C)C2(C)C1C. The summed E-state index contributed by atoms with van der Waals surface area (Å²) in [4.78, 5) is 0. The summed E-state index contributed by atoms with van der Waals surface area (Å²) in [6.07, 6.45) is 19.8. The Bertz CT molecular complexity index is 805. The van der Waals surface area contributed by atoms with Crippen LogP contribution in [0.2, 0.25) is 0 Å². The molecule has 0 aromatic heterocycles. The lowest BCUT2D eigenvalue weighted by Crippen LogP contribution is -2.67. The standard InChI is InChI=1S/C38H68/c1-24(2)33-26(4)21-37(9)23-36(8)22-32-31(18-14-17-30-15-12-11-13-16-30)20-19-25(3)34(32)27(5)35(36)29(7)38(37,10)28(33)6/h24-35H,11-23H2,1-10H3. The van der Waals surface area contributed by atoms with Gasteiger partial charge in [-0.2, -0.15) is 0 Å². The fourth-order valence-corrected chi connectivity index (χ4v) is 14.4. The molecule has 13 atom stereocenters. The molecule has 5 aliphatic rings. The van der Waals surface area contributed by atoms with Crippen molar-refractivity contribution in [2.24, 2.45) is 87.3 Å². The molecule has 0 spiro atoms. The Morgan fingerprint density at radius 3 is 2.08 bits per heavy atom. The van der Waals surface area contributed by atoms with Gasteiger partial charge in [0.05, 0.1) is 0 Å². The zero-order chi connectivity index (χ0) is 27.6. The third kappa shape index (κ3) is 4.59. The fraction of sp³-hybridized carbons (Fsp3) is 1.00. The maximum atomic E-state index is 2.81. The lowest BCUT2D eigenvalue weighted by molar-refractivity contribution is -0.247. The molecule has 0 heteroatoms. The van der Waals surface area contributed by atoms with Crippen molar-refractivity contribution in [1.82, 2.24) is 0 Å². The predicted molar refractivity (Wildman–Crippen MR) is 166 cm³/mol. The third-order valence-corrected chi connectivity index (χ3v) is 15.6.